The SMILES string of the molecule is CCCOC(COCC)OCC. The summed E-state index contributed by atoms with van der Waals surface area (Å²) in [5.74, 6) is 0. The van der Waals surface area contributed by atoms with E-state index < -0.39 is 0 Å². The predicted octanol–water partition coefficient (Wildman–Crippen LogP) is 1.81. The lowest BCUT2D eigenvalue weighted by molar-refractivity contribution is -0.168. The molecule has 1 unspecified atom stereocenters. The molecule has 0 aliphatic carbocycles. The molecule has 0 aliphatic heterocycles. The van der Waals surface area contributed by atoms with Gasteiger partial charge in [0.15, 0.2) is 6.29 Å². The maximum absolute atomic E-state index is 5.39. The topological polar surface area (TPSA) is 27.7 Å². The van der Waals surface area contributed by atoms with Crippen molar-refractivity contribution in [3.05, 3.63) is 0 Å². The molecule has 0 rings (SSSR count). The summed E-state index contributed by atoms with van der Waals surface area (Å²) in [5, 5.41) is 0. The van der Waals surface area contributed by atoms with Crippen LogP contribution in [-0.4, -0.2) is 32.7 Å². The molecule has 3 heteroatoms. The van der Waals surface area contributed by atoms with E-state index in [1.165, 1.54) is 0 Å². The highest BCUT2D eigenvalue weighted by atomic mass is 16.7. The van der Waals surface area contributed by atoms with Crippen molar-refractivity contribution in [3.63, 3.8) is 0 Å². The van der Waals surface area contributed by atoms with Crippen LogP contribution in [0.25, 0.3) is 0 Å². The number of rotatable bonds is 8. The van der Waals surface area contributed by atoms with Crippen LogP contribution in [0.5, 0.6) is 0 Å². The van der Waals surface area contributed by atoms with E-state index in [4.69, 9.17) is 14.2 Å². The van der Waals surface area contributed by atoms with Gasteiger partial charge in [-0.25, -0.2) is 0 Å². The fraction of sp³-hybridized carbons (Fsp3) is 1.00. The zero-order chi connectivity index (χ0) is 9.23. The fourth-order valence-electron chi connectivity index (χ4n) is 0.794. The third-order valence-corrected chi connectivity index (χ3v) is 1.32. The van der Waals surface area contributed by atoms with Gasteiger partial charge in [-0.3, -0.25) is 0 Å². The molecule has 0 N–H and O–H groups in total. The van der Waals surface area contributed by atoms with Crippen molar-refractivity contribution in [2.24, 2.45) is 0 Å². The molecule has 0 aromatic heterocycles. The van der Waals surface area contributed by atoms with E-state index in [1.54, 1.807) is 0 Å². The average Bonchev–Trinajstić information content (AvgIpc) is 2.10. The van der Waals surface area contributed by atoms with Crippen LogP contribution in [0.1, 0.15) is 27.2 Å². The zero-order valence-electron chi connectivity index (χ0n) is 8.34. The van der Waals surface area contributed by atoms with E-state index in [1.807, 2.05) is 13.8 Å². The van der Waals surface area contributed by atoms with Crippen molar-refractivity contribution in [3.8, 4) is 0 Å². The zero-order valence-corrected chi connectivity index (χ0v) is 8.34. The van der Waals surface area contributed by atoms with E-state index in [-0.39, 0.29) is 6.29 Å². The molecule has 0 bridgehead atoms. The van der Waals surface area contributed by atoms with Crippen LogP contribution < -0.4 is 0 Å². The molecular weight excluding hydrogens is 156 g/mol. The van der Waals surface area contributed by atoms with Crippen molar-refractivity contribution in [1.29, 1.82) is 0 Å². The van der Waals surface area contributed by atoms with Crippen molar-refractivity contribution in [1.82, 2.24) is 0 Å². The fourth-order valence-corrected chi connectivity index (χ4v) is 0.794. The molecule has 0 aliphatic rings. The van der Waals surface area contributed by atoms with Crippen molar-refractivity contribution in [2.75, 3.05) is 26.4 Å². The lowest BCUT2D eigenvalue weighted by atomic mass is 10.5. The summed E-state index contributed by atoms with van der Waals surface area (Å²) in [5.41, 5.74) is 0. The molecule has 0 heterocycles. The van der Waals surface area contributed by atoms with Gasteiger partial charge in [-0.05, 0) is 20.3 Å². The maximum atomic E-state index is 5.39. The van der Waals surface area contributed by atoms with Gasteiger partial charge in [0.2, 0.25) is 0 Å². The quantitative estimate of drug-likeness (QED) is 0.528. The minimum absolute atomic E-state index is 0.185. The molecule has 1 atom stereocenters. The largest absolute Gasteiger partial charge is 0.376 e. The minimum Gasteiger partial charge on any atom is -0.376 e. The number of hydrogen-bond donors (Lipinski definition) is 0. The highest BCUT2D eigenvalue weighted by Crippen LogP contribution is 1.97. The van der Waals surface area contributed by atoms with Crippen molar-refractivity contribution >= 4 is 0 Å². The second kappa shape index (κ2) is 8.97. The Kier molecular flexibility index (Phi) is 8.88. The first kappa shape index (κ1) is 11.9. The Bertz CT molecular complexity index is 77.8. The van der Waals surface area contributed by atoms with Crippen molar-refractivity contribution in [2.45, 2.75) is 33.5 Å². The molecule has 0 aromatic carbocycles. The summed E-state index contributed by atoms with van der Waals surface area (Å²) in [4.78, 5) is 0. The molecule has 0 saturated carbocycles. The Labute approximate surface area is 75.0 Å². The Morgan fingerprint density at radius 2 is 1.75 bits per heavy atom. The summed E-state index contributed by atoms with van der Waals surface area (Å²) < 4.78 is 15.9. The third-order valence-electron chi connectivity index (χ3n) is 1.32. The van der Waals surface area contributed by atoms with Gasteiger partial charge < -0.3 is 14.2 Å². The Morgan fingerprint density at radius 1 is 1.00 bits per heavy atom. The highest BCUT2D eigenvalue weighted by molar-refractivity contribution is 4.41. The van der Waals surface area contributed by atoms with Crippen LogP contribution >= 0.6 is 0 Å². The molecule has 0 fully saturated rings. The first-order valence-corrected chi connectivity index (χ1v) is 4.66. The summed E-state index contributed by atoms with van der Waals surface area (Å²) in [6.07, 6.45) is 0.824. The summed E-state index contributed by atoms with van der Waals surface area (Å²) >= 11 is 0. The normalized spacial score (nSPS) is 13.2. The predicted molar refractivity (Wildman–Crippen MR) is 48.2 cm³/mol. The van der Waals surface area contributed by atoms with Crippen LogP contribution in [0, 0.1) is 0 Å². The molecule has 0 saturated heterocycles. The van der Waals surface area contributed by atoms with Gasteiger partial charge >= 0.3 is 0 Å². The maximum Gasteiger partial charge on any atom is 0.180 e. The summed E-state index contributed by atoms with van der Waals surface area (Å²) in [6, 6.07) is 0. The average molecular weight is 176 g/mol. The number of hydrogen-bond acceptors (Lipinski definition) is 3. The van der Waals surface area contributed by atoms with Gasteiger partial charge in [0.1, 0.15) is 0 Å². The lowest BCUT2D eigenvalue weighted by Gasteiger charge is -2.16. The van der Waals surface area contributed by atoms with E-state index in [0.29, 0.717) is 19.8 Å². The van der Waals surface area contributed by atoms with Crippen molar-refractivity contribution < 1.29 is 14.2 Å². The van der Waals surface area contributed by atoms with Gasteiger partial charge in [0, 0.05) is 19.8 Å². The Balaban J connectivity index is 3.40. The lowest BCUT2D eigenvalue weighted by Crippen LogP contribution is -2.23. The molecule has 0 aromatic rings. The van der Waals surface area contributed by atoms with Crippen LogP contribution in [0.4, 0.5) is 0 Å². The minimum atomic E-state index is -0.185. The molecule has 0 radical (unpaired) electrons. The van der Waals surface area contributed by atoms with E-state index in [2.05, 4.69) is 6.92 Å². The highest BCUT2D eigenvalue weighted by Gasteiger charge is 2.06. The third kappa shape index (κ3) is 6.58. The van der Waals surface area contributed by atoms with Crippen LogP contribution in [0.15, 0.2) is 0 Å². The van der Waals surface area contributed by atoms with Crippen LogP contribution in [-0.2, 0) is 14.2 Å². The monoisotopic (exact) mass is 176 g/mol. The molecule has 74 valence electrons. The van der Waals surface area contributed by atoms with Gasteiger partial charge in [-0.2, -0.15) is 0 Å². The van der Waals surface area contributed by atoms with Gasteiger partial charge in [0.05, 0.1) is 6.61 Å². The van der Waals surface area contributed by atoms with Gasteiger partial charge in [0.25, 0.3) is 0 Å². The Hall–Kier alpha value is -0.120. The van der Waals surface area contributed by atoms with Crippen LogP contribution in [0.3, 0.4) is 0 Å². The Morgan fingerprint density at radius 3 is 2.25 bits per heavy atom. The molecule has 3 nitrogen and oxygen atoms in total. The molecule has 0 amide bonds. The first-order valence-electron chi connectivity index (χ1n) is 4.66. The standard InChI is InChI=1S/C9H20O3/c1-4-7-12-9(11-6-3)8-10-5-2/h9H,4-8H2,1-3H3. The molecular formula is C9H20O3. The van der Waals surface area contributed by atoms with E-state index in [9.17, 15) is 0 Å². The second-order valence-corrected chi connectivity index (χ2v) is 2.42. The second-order valence-electron chi connectivity index (χ2n) is 2.42. The number of ether oxygens (including phenoxy) is 3. The van der Waals surface area contributed by atoms with Gasteiger partial charge in [-0.1, -0.05) is 6.92 Å². The first-order chi connectivity index (χ1) is 5.85. The molecule has 12 heavy (non-hydrogen) atoms. The van der Waals surface area contributed by atoms with Crippen LogP contribution in [0.2, 0.25) is 0 Å². The van der Waals surface area contributed by atoms with E-state index >= 15 is 0 Å². The summed E-state index contributed by atoms with van der Waals surface area (Å²) in [7, 11) is 0. The summed E-state index contributed by atoms with van der Waals surface area (Å²) in [6.45, 7) is 8.63. The smallest absolute Gasteiger partial charge is 0.180 e. The van der Waals surface area contributed by atoms with E-state index in [0.717, 1.165) is 13.0 Å². The van der Waals surface area contributed by atoms with Gasteiger partial charge in [-0.15, -0.1) is 0 Å². The molecule has 0 spiro atoms.